The number of nitrogens with zero attached hydrogens (tertiary/aromatic N) is 2. The van der Waals surface area contributed by atoms with Crippen molar-refractivity contribution in [2.75, 3.05) is 0 Å². The molecule has 7 heteroatoms. The molecule has 0 bridgehead atoms. The molecule has 1 aromatic heterocycles. The number of amidine groups is 1. The third-order valence-electron chi connectivity index (χ3n) is 2.56. The molecular formula is C13H11Cl2N3O2. The number of aromatic nitrogens is 1. The molecule has 0 saturated heterocycles. The van der Waals surface area contributed by atoms with Gasteiger partial charge >= 0.3 is 0 Å². The Labute approximate surface area is 125 Å². The number of benzene rings is 1. The van der Waals surface area contributed by atoms with E-state index in [4.69, 9.17) is 38.9 Å². The second-order valence-corrected chi connectivity index (χ2v) is 4.63. The number of ether oxygens (including phenoxy) is 1. The zero-order valence-electron chi connectivity index (χ0n) is 10.3. The molecule has 0 fully saturated rings. The fourth-order valence-electron chi connectivity index (χ4n) is 1.54. The molecule has 5 nitrogen and oxygen atoms in total. The normalized spacial score (nSPS) is 11.4. The van der Waals surface area contributed by atoms with Crippen LogP contribution in [0.1, 0.15) is 11.1 Å². The van der Waals surface area contributed by atoms with Gasteiger partial charge in [-0.3, -0.25) is 0 Å². The summed E-state index contributed by atoms with van der Waals surface area (Å²) in [5.41, 5.74) is 6.66. The van der Waals surface area contributed by atoms with Crippen LogP contribution in [0.5, 0.6) is 5.88 Å². The number of hydrogen-bond donors (Lipinski definition) is 2. The summed E-state index contributed by atoms with van der Waals surface area (Å²) in [6, 6.07) is 8.81. The lowest BCUT2D eigenvalue weighted by atomic mass is 10.2. The monoisotopic (exact) mass is 311 g/mol. The van der Waals surface area contributed by atoms with Crippen LogP contribution in [0.3, 0.4) is 0 Å². The molecule has 0 unspecified atom stereocenters. The van der Waals surface area contributed by atoms with Gasteiger partial charge in [-0.1, -0.05) is 46.6 Å². The molecule has 0 aliphatic rings. The molecule has 0 atom stereocenters. The van der Waals surface area contributed by atoms with E-state index >= 15 is 0 Å². The Hall–Kier alpha value is -1.98. The molecule has 0 saturated carbocycles. The Morgan fingerprint density at radius 2 is 2.05 bits per heavy atom. The molecule has 3 N–H and O–H groups in total. The van der Waals surface area contributed by atoms with Crippen molar-refractivity contribution in [3.05, 3.63) is 57.7 Å². The summed E-state index contributed by atoms with van der Waals surface area (Å²) in [5.74, 6) is 0.0793. The first-order valence-electron chi connectivity index (χ1n) is 5.62. The van der Waals surface area contributed by atoms with E-state index in [2.05, 4.69) is 10.1 Å². The summed E-state index contributed by atoms with van der Waals surface area (Å²) in [4.78, 5) is 4.01. The standard InChI is InChI=1S/C13H11Cl2N3O2/c14-10-4-2-1-3-8(10)7-20-13-11(15)9(5-6-17-13)12(16)18-19/h1-6,19H,7H2,(H2,16,18). The number of rotatable bonds is 4. The average Bonchev–Trinajstić information content (AvgIpc) is 2.47. The Morgan fingerprint density at radius 3 is 2.75 bits per heavy atom. The highest BCUT2D eigenvalue weighted by atomic mass is 35.5. The molecule has 0 aliphatic heterocycles. The van der Waals surface area contributed by atoms with Gasteiger partial charge in [-0.05, 0) is 12.1 Å². The first-order chi connectivity index (χ1) is 9.63. The van der Waals surface area contributed by atoms with E-state index in [1.165, 1.54) is 12.3 Å². The number of oxime groups is 1. The van der Waals surface area contributed by atoms with E-state index < -0.39 is 0 Å². The van der Waals surface area contributed by atoms with Gasteiger partial charge < -0.3 is 15.7 Å². The SMILES string of the molecule is N/C(=N/O)c1ccnc(OCc2ccccc2Cl)c1Cl. The lowest BCUT2D eigenvalue weighted by Crippen LogP contribution is -2.14. The maximum absolute atomic E-state index is 8.67. The van der Waals surface area contributed by atoms with Crippen LogP contribution in [0.15, 0.2) is 41.7 Å². The highest BCUT2D eigenvalue weighted by Crippen LogP contribution is 2.27. The van der Waals surface area contributed by atoms with E-state index in [0.29, 0.717) is 10.6 Å². The van der Waals surface area contributed by atoms with Crippen LogP contribution in [0.25, 0.3) is 0 Å². The van der Waals surface area contributed by atoms with Crippen LogP contribution in [-0.4, -0.2) is 16.0 Å². The Bertz CT molecular complexity index is 647. The zero-order valence-corrected chi connectivity index (χ0v) is 11.8. The fourth-order valence-corrected chi connectivity index (χ4v) is 1.99. The molecule has 2 rings (SSSR count). The molecule has 0 amide bonds. The van der Waals surface area contributed by atoms with Gasteiger partial charge in [-0.2, -0.15) is 0 Å². The summed E-state index contributed by atoms with van der Waals surface area (Å²) < 4.78 is 5.52. The van der Waals surface area contributed by atoms with Gasteiger partial charge in [0.1, 0.15) is 11.6 Å². The van der Waals surface area contributed by atoms with E-state index in [9.17, 15) is 0 Å². The van der Waals surface area contributed by atoms with Crippen molar-refractivity contribution >= 4 is 29.0 Å². The van der Waals surface area contributed by atoms with Crippen LogP contribution in [-0.2, 0) is 6.61 Å². The molecular weight excluding hydrogens is 301 g/mol. The van der Waals surface area contributed by atoms with Crippen molar-refractivity contribution in [3.63, 3.8) is 0 Å². The van der Waals surface area contributed by atoms with Crippen LogP contribution in [0.2, 0.25) is 10.0 Å². The van der Waals surface area contributed by atoms with Crippen molar-refractivity contribution in [2.45, 2.75) is 6.61 Å². The van der Waals surface area contributed by atoms with E-state index in [1.807, 2.05) is 18.2 Å². The highest BCUT2D eigenvalue weighted by molar-refractivity contribution is 6.35. The predicted molar refractivity (Wildman–Crippen MR) is 77.5 cm³/mol. The second kappa shape index (κ2) is 6.45. The summed E-state index contributed by atoms with van der Waals surface area (Å²) in [5, 5.41) is 12.3. The average molecular weight is 312 g/mol. The van der Waals surface area contributed by atoms with Crippen molar-refractivity contribution in [2.24, 2.45) is 10.9 Å². The van der Waals surface area contributed by atoms with Crippen LogP contribution >= 0.6 is 23.2 Å². The number of nitrogens with two attached hydrogens (primary N) is 1. The van der Waals surface area contributed by atoms with E-state index in [0.717, 1.165) is 5.56 Å². The second-order valence-electron chi connectivity index (χ2n) is 3.84. The lowest BCUT2D eigenvalue weighted by Gasteiger charge is -2.10. The van der Waals surface area contributed by atoms with Gasteiger partial charge in [0, 0.05) is 22.3 Å². The topological polar surface area (TPSA) is 80.7 Å². The van der Waals surface area contributed by atoms with Crippen LogP contribution in [0.4, 0.5) is 0 Å². The minimum absolute atomic E-state index is 0.111. The number of halogens is 2. The first kappa shape index (κ1) is 14.4. The summed E-state index contributed by atoms with van der Waals surface area (Å²) in [6.07, 6.45) is 1.46. The maximum atomic E-state index is 8.67. The van der Waals surface area contributed by atoms with Crippen molar-refractivity contribution in [1.82, 2.24) is 4.98 Å². The van der Waals surface area contributed by atoms with Gasteiger partial charge in [0.05, 0.1) is 0 Å². The number of hydrogen-bond acceptors (Lipinski definition) is 4. The van der Waals surface area contributed by atoms with E-state index in [-0.39, 0.29) is 23.3 Å². The minimum atomic E-state index is -0.111. The fraction of sp³-hybridized carbons (Fsp3) is 0.0769. The predicted octanol–water partition coefficient (Wildman–Crippen LogP) is 3.06. The first-order valence-corrected chi connectivity index (χ1v) is 6.37. The molecule has 1 aromatic carbocycles. The molecule has 0 spiro atoms. The number of pyridine rings is 1. The van der Waals surface area contributed by atoms with Gasteiger partial charge in [-0.25, -0.2) is 4.98 Å². The molecule has 104 valence electrons. The quantitative estimate of drug-likeness (QED) is 0.393. The van der Waals surface area contributed by atoms with E-state index in [1.54, 1.807) is 6.07 Å². The van der Waals surface area contributed by atoms with Gasteiger partial charge in [0.15, 0.2) is 5.84 Å². The summed E-state index contributed by atoms with van der Waals surface area (Å²) in [6.45, 7) is 0.214. The van der Waals surface area contributed by atoms with Crippen molar-refractivity contribution < 1.29 is 9.94 Å². The Kier molecular flexibility index (Phi) is 4.65. The highest BCUT2D eigenvalue weighted by Gasteiger charge is 2.12. The lowest BCUT2D eigenvalue weighted by molar-refractivity contribution is 0.294. The Morgan fingerprint density at radius 1 is 1.30 bits per heavy atom. The summed E-state index contributed by atoms with van der Waals surface area (Å²) in [7, 11) is 0. The molecule has 1 heterocycles. The minimum Gasteiger partial charge on any atom is -0.472 e. The van der Waals surface area contributed by atoms with Gasteiger partial charge in [0.2, 0.25) is 5.88 Å². The largest absolute Gasteiger partial charge is 0.472 e. The Balaban J connectivity index is 2.21. The molecule has 0 aliphatic carbocycles. The molecule has 0 radical (unpaired) electrons. The smallest absolute Gasteiger partial charge is 0.233 e. The van der Waals surface area contributed by atoms with Gasteiger partial charge in [0.25, 0.3) is 0 Å². The van der Waals surface area contributed by atoms with Crippen LogP contribution in [0, 0.1) is 0 Å². The summed E-state index contributed by atoms with van der Waals surface area (Å²) >= 11 is 12.1. The molecule has 2 aromatic rings. The van der Waals surface area contributed by atoms with Crippen LogP contribution < -0.4 is 10.5 Å². The molecule has 20 heavy (non-hydrogen) atoms. The third-order valence-corrected chi connectivity index (χ3v) is 3.30. The maximum Gasteiger partial charge on any atom is 0.233 e. The van der Waals surface area contributed by atoms with Crippen molar-refractivity contribution in [1.29, 1.82) is 0 Å². The zero-order chi connectivity index (χ0) is 14.5. The van der Waals surface area contributed by atoms with Gasteiger partial charge in [-0.15, -0.1) is 0 Å². The van der Waals surface area contributed by atoms with Crippen molar-refractivity contribution in [3.8, 4) is 5.88 Å². The third kappa shape index (κ3) is 3.12.